The van der Waals surface area contributed by atoms with Crippen LogP contribution in [0.2, 0.25) is 0 Å². The monoisotopic (exact) mass is 178 g/mol. The van der Waals surface area contributed by atoms with Crippen molar-refractivity contribution in [2.24, 2.45) is 0 Å². The van der Waals surface area contributed by atoms with Crippen LogP contribution >= 0.6 is 11.8 Å². The van der Waals surface area contributed by atoms with Crippen LogP contribution in [0.5, 0.6) is 0 Å². The van der Waals surface area contributed by atoms with E-state index in [0.717, 1.165) is 0 Å². The largest absolute Gasteiger partial charge is 0.388 e. The molecule has 2 aliphatic rings. The van der Waals surface area contributed by atoms with Gasteiger partial charge >= 0.3 is 0 Å². The van der Waals surface area contributed by atoms with Gasteiger partial charge in [0.2, 0.25) is 0 Å². The Labute approximate surface area is 68.2 Å². The predicted octanol–water partition coefficient (Wildman–Crippen LogP) is -1.46. The van der Waals surface area contributed by atoms with Crippen LogP contribution in [0.15, 0.2) is 0 Å². The average Bonchev–Trinajstić information content (AvgIpc) is 2.44. The topological polar surface area (TPSA) is 69.9 Å². The van der Waals surface area contributed by atoms with Crippen molar-refractivity contribution in [1.82, 2.24) is 0 Å². The Morgan fingerprint density at radius 1 is 1.09 bits per heavy atom. The normalized spacial score (nSPS) is 56.5. The second-order valence-electron chi connectivity index (χ2n) is 2.85. The highest BCUT2D eigenvalue weighted by Crippen LogP contribution is 2.36. The van der Waals surface area contributed by atoms with Crippen LogP contribution in [0, 0.1) is 0 Å². The van der Waals surface area contributed by atoms with Crippen LogP contribution in [-0.2, 0) is 4.74 Å². The fraction of sp³-hybridized carbons (Fsp3) is 1.00. The van der Waals surface area contributed by atoms with Crippen molar-refractivity contribution in [3.63, 3.8) is 0 Å². The molecular formula is C6H10O4S. The summed E-state index contributed by atoms with van der Waals surface area (Å²) in [5, 5.41) is 27.8. The molecule has 2 heterocycles. The maximum Gasteiger partial charge on any atom is 0.132 e. The highest BCUT2D eigenvalue weighted by molar-refractivity contribution is 8.00. The first-order valence-corrected chi connectivity index (χ1v) is 4.56. The first-order valence-electron chi connectivity index (χ1n) is 3.51. The fourth-order valence-electron chi connectivity index (χ4n) is 1.38. The first-order chi connectivity index (χ1) is 5.20. The van der Waals surface area contributed by atoms with E-state index in [2.05, 4.69) is 0 Å². The number of hydrogen-bond donors (Lipinski definition) is 3. The highest BCUT2D eigenvalue weighted by atomic mass is 32.2. The van der Waals surface area contributed by atoms with Crippen LogP contribution in [0.25, 0.3) is 0 Å². The summed E-state index contributed by atoms with van der Waals surface area (Å²) in [5.41, 5.74) is -0.349. The molecule has 0 radical (unpaired) electrons. The zero-order chi connectivity index (χ0) is 8.01. The Bertz CT molecular complexity index is 145. The summed E-state index contributed by atoms with van der Waals surface area (Å²) in [4.78, 5) is 0. The molecule has 3 N–H and O–H groups in total. The standard InChI is InChI=1S/C6H10O4S/c7-3-2-1-11-6(10-2)5(9)4(3)8/h2-9H,1H2/t2-,3-,4+,5-,6+/m1/s1. The quantitative estimate of drug-likeness (QED) is 0.423. The van der Waals surface area contributed by atoms with Crippen molar-refractivity contribution in [3.8, 4) is 0 Å². The van der Waals surface area contributed by atoms with Crippen molar-refractivity contribution in [3.05, 3.63) is 0 Å². The summed E-state index contributed by atoms with van der Waals surface area (Å²) in [5.74, 6) is 0.653. The van der Waals surface area contributed by atoms with E-state index in [1.54, 1.807) is 0 Å². The van der Waals surface area contributed by atoms with E-state index in [9.17, 15) is 15.3 Å². The molecule has 64 valence electrons. The summed E-state index contributed by atoms with van der Waals surface area (Å²) < 4.78 is 5.20. The molecule has 2 saturated heterocycles. The van der Waals surface area contributed by atoms with Crippen LogP contribution in [0.1, 0.15) is 0 Å². The zero-order valence-corrected chi connectivity index (χ0v) is 6.57. The van der Waals surface area contributed by atoms with Crippen molar-refractivity contribution >= 4 is 11.8 Å². The molecule has 11 heavy (non-hydrogen) atoms. The highest BCUT2D eigenvalue weighted by Gasteiger charge is 2.48. The fourth-order valence-corrected chi connectivity index (χ4v) is 2.62. The number of aliphatic hydroxyl groups excluding tert-OH is 3. The van der Waals surface area contributed by atoms with E-state index in [1.165, 1.54) is 11.8 Å². The number of fused-ring (bicyclic) bond motifs is 2. The molecule has 2 fully saturated rings. The molecule has 0 unspecified atom stereocenters. The minimum Gasteiger partial charge on any atom is -0.388 e. The van der Waals surface area contributed by atoms with Crippen molar-refractivity contribution in [2.75, 3.05) is 5.75 Å². The van der Waals surface area contributed by atoms with Gasteiger partial charge in [-0.15, -0.1) is 11.8 Å². The van der Waals surface area contributed by atoms with Gasteiger partial charge in [-0.3, -0.25) is 0 Å². The van der Waals surface area contributed by atoms with Crippen LogP contribution < -0.4 is 0 Å². The van der Waals surface area contributed by atoms with Crippen molar-refractivity contribution in [2.45, 2.75) is 29.9 Å². The zero-order valence-electron chi connectivity index (χ0n) is 5.75. The molecular weight excluding hydrogens is 168 g/mol. The van der Waals surface area contributed by atoms with E-state index < -0.39 is 18.3 Å². The van der Waals surface area contributed by atoms with E-state index in [0.29, 0.717) is 5.75 Å². The third-order valence-electron chi connectivity index (χ3n) is 2.09. The molecule has 2 aliphatic heterocycles. The molecule has 0 aromatic rings. The third kappa shape index (κ3) is 1.08. The molecule has 0 spiro atoms. The molecule has 0 aromatic carbocycles. The van der Waals surface area contributed by atoms with E-state index >= 15 is 0 Å². The van der Waals surface area contributed by atoms with Gasteiger partial charge in [-0.25, -0.2) is 0 Å². The summed E-state index contributed by atoms with van der Waals surface area (Å²) in [7, 11) is 0. The van der Waals surface area contributed by atoms with Gasteiger partial charge in [0.25, 0.3) is 0 Å². The summed E-state index contributed by atoms with van der Waals surface area (Å²) in [6.07, 6.45) is -3.23. The van der Waals surface area contributed by atoms with E-state index in [-0.39, 0.29) is 11.5 Å². The SMILES string of the molecule is O[C@@H]1[C@@H](O)[C@H]2O[C@H](CS2)[C@H]1O. The van der Waals surface area contributed by atoms with Crippen molar-refractivity contribution in [1.29, 1.82) is 0 Å². The van der Waals surface area contributed by atoms with Crippen LogP contribution in [-0.4, -0.2) is 50.9 Å². The Morgan fingerprint density at radius 3 is 2.55 bits per heavy atom. The van der Waals surface area contributed by atoms with E-state index in [1.807, 2.05) is 0 Å². The van der Waals surface area contributed by atoms with Crippen molar-refractivity contribution < 1.29 is 20.1 Å². The predicted molar refractivity (Wildman–Crippen MR) is 39.1 cm³/mol. The average molecular weight is 178 g/mol. The molecule has 5 atom stereocenters. The molecule has 0 aromatic heterocycles. The van der Waals surface area contributed by atoms with Gasteiger partial charge in [0.1, 0.15) is 23.7 Å². The third-order valence-corrected chi connectivity index (χ3v) is 3.33. The van der Waals surface area contributed by atoms with Crippen LogP contribution in [0.4, 0.5) is 0 Å². The Balaban J connectivity index is 2.16. The number of rotatable bonds is 0. The summed E-state index contributed by atoms with van der Waals surface area (Å²) in [6.45, 7) is 0. The Kier molecular flexibility index (Phi) is 1.85. The summed E-state index contributed by atoms with van der Waals surface area (Å²) >= 11 is 1.44. The maximum atomic E-state index is 9.29. The Morgan fingerprint density at radius 2 is 1.82 bits per heavy atom. The van der Waals surface area contributed by atoms with Gasteiger partial charge in [0.15, 0.2) is 0 Å². The van der Waals surface area contributed by atoms with Gasteiger partial charge in [-0.1, -0.05) is 0 Å². The number of ether oxygens (including phenoxy) is 1. The number of aliphatic hydroxyl groups is 3. The number of hydrogen-bond acceptors (Lipinski definition) is 5. The molecule has 0 amide bonds. The lowest BCUT2D eigenvalue weighted by Gasteiger charge is -2.33. The van der Waals surface area contributed by atoms with Gasteiger partial charge in [-0.2, -0.15) is 0 Å². The van der Waals surface area contributed by atoms with Gasteiger partial charge < -0.3 is 20.1 Å². The molecule has 0 aliphatic carbocycles. The van der Waals surface area contributed by atoms with Gasteiger partial charge in [-0.05, 0) is 0 Å². The molecule has 5 heteroatoms. The maximum absolute atomic E-state index is 9.29. The number of thioether (sulfide) groups is 1. The summed E-state index contributed by atoms with van der Waals surface area (Å²) in [6, 6.07) is 0. The lowest BCUT2D eigenvalue weighted by atomic mass is 10.0. The second kappa shape index (κ2) is 2.60. The molecule has 0 saturated carbocycles. The minimum atomic E-state index is -1.05. The minimum absolute atomic E-state index is 0.302. The molecule has 2 rings (SSSR count). The molecule has 2 bridgehead atoms. The Hall–Kier alpha value is 0.190. The smallest absolute Gasteiger partial charge is 0.132 e. The molecule has 4 nitrogen and oxygen atoms in total. The lowest BCUT2D eigenvalue weighted by molar-refractivity contribution is -0.183. The van der Waals surface area contributed by atoms with Gasteiger partial charge in [0.05, 0.1) is 6.10 Å². The van der Waals surface area contributed by atoms with Crippen LogP contribution in [0.3, 0.4) is 0 Å². The van der Waals surface area contributed by atoms with E-state index in [4.69, 9.17) is 4.74 Å². The van der Waals surface area contributed by atoms with Gasteiger partial charge in [0, 0.05) is 5.75 Å². The first kappa shape index (κ1) is 7.82. The second-order valence-corrected chi connectivity index (χ2v) is 3.98. The lowest BCUT2D eigenvalue weighted by Crippen LogP contribution is -2.53.